The Morgan fingerprint density at radius 1 is 1.08 bits per heavy atom. The molecule has 0 saturated heterocycles. The van der Waals surface area contributed by atoms with E-state index in [0.29, 0.717) is 21.5 Å². The van der Waals surface area contributed by atoms with Crippen LogP contribution in [0.5, 0.6) is 0 Å². The third kappa shape index (κ3) is 7.06. The number of hydrogen-bond acceptors (Lipinski definition) is 8. The third-order valence-corrected chi connectivity index (χ3v) is 11.5. The Kier molecular flexibility index (Phi) is 10.2. The lowest BCUT2D eigenvalue weighted by atomic mass is 9.97. The summed E-state index contributed by atoms with van der Waals surface area (Å²) in [7, 11) is 1.53. The van der Waals surface area contributed by atoms with E-state index in [1.165, 1.54) is 41.4 Å². The summed E-state index contributed by atoms with van der Waals surface area (Å²) in [6.45, 7) is -0.0660. The number of carbonyl (C=O) groups excluding carboxylic acids is 3. The maximum atomic E-state index is 15.3. The van der Waals surface area contributed by atoms with Crippen LogP contribution in [0.4, 0.5) is 32.2 Å². The van der Waals surface area contributed by atoms with Gasteiger partial charge < -0.3 is 15.4 Å². The van der Waals surface area contributed by atoms with Gasteiger partial charge in [-0.3, -0.25) is 28.3 Å². The Hall–Kier alpha value is -5.56. The van der Waals surface area contributed by atoms with Gasteiger partial charge >= 0.3 is 0 Å². The topological polar surface area (TPSA) is 146 Å². The Labute approximate surface area is 342 Å². The van der Waals surface area contributed by atoms with Gasteiger partial charge in [-0.1, -0.05) is 27.5 Å². The molecule has 3 aromatic heterocycles. The average Bonchev–Trinajstić information content (AvgIpc) is 3.70. The van der Waals surface area contributed by atoms with Crippen LogP contribution in [0, 0.1) is 17.6 Å². The van der Waals surface area contributed by atoms with Crippen molar-refractivity contribution in [1.29, 1.82) is 0 Å². The predicted molar refractivity (Wildman–Crippen MR) is 206 cm³/mol. The number of rotatable bonds is 13. The highest BCUT2D eigenvalue weighted by molar-refractivity contribution is 9.10. The molecule has 0 radical (unpaired) electrons. The molecule has 6 aromatic rings. The monoisotopic (exact) mass is 902 g/mol. The number of anilines is 1. The Balaban J connectivity index is 1.26. The molecule has 12 nitrogen and oxygen atoms in total. The standard InChI is InChI=1S/C39H30BrClF6N8O4/c1-16(57)27(15-56)49-36-31-25(41)5-6-28(33(31)53(2)52-36)55-37(50-26-10-19(40)3-4-22(26)38(55)59)18(7-17-8-20(42)11-21(43)9-17)13-48-29(58)14-54-34-30(32(51-54)35(44)45)23-12-24(23)39(34,46)47/h3-6,8-11,15,18,23-24,27,35H,7,12-14H2,1-2H3,(H,48,58)(H,49,52)/t18-,23-,24+,27+/m1/s1. The van der Waals surface area contributed by atoms with E-state index in [9.17, 15) is 36.7 Å². The fourth-order valence-electron chi connectivity index (χ4n) is 7.98. The summed E-state index contributed by atoms with van der Waals surface area (Å²) in [5.41, 5.74) is -1.73. The molecule has 3 heterocycles. The molecule has 0 spiro atoms. The number of nitrogens with one attached hydrogen (secondary N) is 2. The number of aldehydes is 1. The van der Waals surface area contributed by atoms with Gasteiger partial charge in [0.2, 0.25) is 5.91 Å². The zero-order valence-corrected chi connectivity index (χ0v) is 33.1. The molecule has 0 bridgehead atoms. The summed E-state index contributed by atoms with van der Waals surface area (Å²) in [5.74, 6) is -9.75. The molecule has 2 aliphatic rings. The molecule has 0 unspecified atom stereocenters. The van der Waals surface area contributed by atoms with Gasteiger partial charge in [0.25, 0.3) is 17.9 Å². The molecular formula is C39H30BrClF6N8O4. The van der Waals surface area contributed by atoms with Crippen LogP contribution in [-0.2, 0) is 40.3 Å². The van der Waals surface area contributed by atoms with Crippen LogP contribution in [0.1, 0.15) is 59.9 Å². The number of hydrogen-bond donors (Lipinski definition) is 2. The summed E-state index contributed by atoms with van der Waals surface area (Å²) in [4.78, 5) is 57.1. The van der Waals surface area contributed by atoms with E-state index in [1.54, 1.807) is 12.1 Å². The summed E-state index contributed by atoms with van der Waals surface area (Å²) in [5, 5.41) is 14.0. The molecule has 1 saturated carbocycles. The molecule has 8 rings (SSSR count). The second-order valence-corrected chi connectivity index (χ2v) is 15.9. The second-order valence-electron chi connectivity index (χ2n) is 14.6. The van der Waals surface area contributed by atoms with Crippen molar-refractivity contribution in [2.75, 3.05) is 11.9 Å². The lowest BCUT2D eigenvalue weighted by Crippen LogP contribution is -2.36. The zero-order valence-electron chi connectivity index (χ0n) is 30.8. The average molecular weight is 904 g/mol. The predicted octanol–water partition coefficient (Wildman–Crippen LogP) is 7.02. The number of Topliss-reactive ketones (excluding diaryl/α,β-unsaturated/α-hetero) is 1. The van der Waals surface area contributed by atoms with Crippen molar-refractivity contribution in [3.8, 4) is 5.69 Å². The molecule has 1 amide bonds. The van der Waals surface area contributed by atoms with Crippen LogP contribution in [0.3, 0.4) is 0 Å². The fraction of sp³-hybridized carbons (Fsp3) is 0.308. The largest absolute Gasteiger partial charge is 0.354 e. The summed E-state index contributed by atoms with van der Waals surface area (Å²) in [6.07, 6.45) is -2.97. The van der Waals surface area contributed by atoms with Crippen molar-refractivity contribution in [1.82, 2.24) is 34.4 Å². The fourth-order valence-corrected chi connectivity index (χ4v) is 8.57. The maximum Gasteiger partial charge on any atom is 0.293 e. The molecule has 306 valence electrons. The van der Waals surface area contributed by atoms with Gasteiger partial charge in [0.1, 0.15) is 47.7 Å². The number of alkyl halides is 4. The first kappa shape index (κ1) is 40.2. The zero-order chi connectivity index (χ0) is 42.2. The first-order chi connectivity index (χ1) is 28.0. The number of amides is 1. The normalized spacial score (nSPS) is 17.5. The van der Waals surface area contributed by atoms with Crippen molar-refractivity contribution < 1.29 is 40.7 Å². The van der Waals surface area contributed by atoms with Crippen molar-refractivity contribution in [2.24, 2.45) is 13.0 Å². The van der Waals surface area contributed by atoms with E-state index in [1.807, 2.05) is 0 Å². The van der Waals surface area contributed by atoms with Gasteiger partial charge in [-0.05, 0) is 73.7 Å². The lowest BCUT2D eigenvalue weighted by molar-refractivity contribution is -0.123. The first-order valence-corrected chi connectivity index (χ1v) is 19.2. The number of halogens is 8. The van der Waals surface area contributed by atoms with E-state index < -0.39 is 89.5 Å². The highest BCUT2D eigenvalue weighted by Gasteiger charge is 2.67. The van der Waals surface area contributed by atoms with E-state index in [4.69, 9.17) is 16.6 Å². The van der Waals surface area contributed by atoms with E-state index in [0.717, 1.165) is 12.1 Å². The van der Waals surface area contributed by atoms with Crippen LogP contribution >= 0.6 is 27.5 Å². The highest BCUT2D eigenvalue weighted by Crippen LogP contribution is 2.68. The molecule has 59 heavy (non-hydrogen) atoms. The number of nitrogens with zero attached hydrogens (tertiary/aromatic N) is 6. The maximum absolute atomic E-state index is 15.3. The van der Waals surface area contributed by atoms with E-state index in [2.05, 4.69) is 36.8 Å². The molecule has 2 aliphatic carbocycles. The highest BCUT2D eigenvalue weighted by atomic mass is 79.9. The van der Waals surface area contributed by atoms with Crippen molar-refractivity contribution >= 4 is 73.1 Å². The lowest BCUT2D eigenvalue weighted by Gasteiger charge is -2.23. The number of fused-ring (bicyclic) bond motifs is 5. The van der Waals surface area contributed by atoms with Gasteiger partial charge in [0.15, 0.2) is 11.6 Å². The molecule has 3 aromatic carbocycles. The quantitative estimate of drug-likeness (QED) is 0.0715. The van der Waals surface area contributed by atoms with Gasteiger partial charge in [-0.15, -0.1) is 0 Å². The van der Waals surface area contributed by atoms with E-state index >= 15 is 8.78 Å². The number of benzene rings is 3. The molecule has 4 atom stereocenters. The number of aryl methyl sites for hydroxylation is 1. The number of ketones is 1. The first-order valence-electron chi connectivity index (χ1n) is 18.1. The van der Waals surface area contributed by atoms with Crippen LogP contribution in [-0.4, -0.2) is 59.7 Å². The van der Waals surface area contributed by atoms with Crippen molar-refractivity contribution in [3.05, 3.63) is 108 Å². The Bertz CT molecular complexity index is 2790. The van der Waals surface area contributed by atoms with Gasteiger partial charge in [-0.25, -0.2) is 22.5 Å². The van der Waals surface area contributed by atoms with Gasteiger partial charge in [0.05, 0.1) is 32.5 Å². The second kappa shape index (κ2) is 14.9. The van der Waals surface area contributed by atoms with Crippen LogP contribution in [0.15, 0.2) is 57.8 Å². The summed E-state index contributed by atoms with van der Waals surface area (Å²) >= 11 is 10.1. The van der Waals surface area contributed by atoms with Gasteiger partial charge in [0, 0.05) is 41.5 Å². The van der Waals surface area contributed by atoms with E-state index in [-0.39, 0.29) is 68.1 Å². The minimum absolute atomic E-state index is 0.0330. The summed E-state index contributed by atoms with van der Waals surface area (Å²) < 4.78 is 91.4. The molecular weight excluding hydrogens is 874 g/mol. The molecule has 20 heteroatoms. The minimum atomic E-state index is -3.48. The van der Waals surface area contributed by atoms with Crippen LogP contribution in [0.25, 0.3) is 27.5 Å². The third-order valence-electron chi connectivity index (χ3n) is 10.7. The minimum Gasteiger partial charge on any atom is -0.354 e. The van der Waals surface area contributed by atoms with Gasteiger partial charge in [-0.2, -0.15) is 19.0 Å². The van der Waals surface area contributed by atoms with Crippen LogP contribution in [0.2, 0.25) is 5.02 Å². The smallest absolute Gasteiger partial charge is 0.293 e. The number of aromatic nitrogens is 6. The Morgan fingerprint density at radius 3 is 2.49 bits per heavy atom. The molecule has 1 fully saturated rings. The Morgan fingerprint density at radius 2 is 1.81 bits per heavy atom. The molecule has 2 N–H and O–H groups in total. The SMILES string of the molecule is CC(=O)[C@H](C=O)Nc1nn(C)c2c(-n3c([C@@H](CNC(=O)Cn4nc(C(F)F)c5c4C(F)(F)[C@H]4C[C@@H]54)Cc4cc(F)cc(F)c4)nc4cc(Br)ccc4c3=O)ccc(Cl)c12. The van der Waals surface area contributed by atoms with Crippen molar-refractivity contribution in [2.45, 2.75) is 56.5 Å². The molecule has 0 aliphatic heterocycles. The van der Waals surface area contributed by atoms with Crippen LogP contribution < -0.4 is 16.2 Å². The summed E-state index contributed by atoms with van der Waals surface area (Å²) in [6, 6.07) is 9.15. The number of carbonyl (C=O) groups is 3. The van der Waals surface area contributed by atoms with Crippen molar-refractivity contribution in [3.63, 3.8) is 0 Å².